The Morgan fingerprint density at radius 2 is 1.86 bits per heavy atom. The molecule has 0 spiro atoms. The summed E-state index contributed by atoms with van der Waals surface area (Å²) in [7, 11) is 0. The first-order valence-electron chi connectivity index (χ1n) is 8.26. The Balaban J connectivity index is 1.97. The van der Waals surface area contributed by atoms with Crippen LogP contribution in [-0.2, 0) is 11.0 Å². The standard InChI is InChI=1S/C20H14ClF3N4O/c1-2-19(29)27-14-5-7-17(15(9-14)16-6-4-13(21)11-25-16)28-18-8-3-12(10-26-18)20(22,23)24/h2-11H,1H2,(H,26,28)(H,27,29). The second-order valence-electron chi connectivity index (χ2n) is 5.87. The first-order chi connectivity index (χ1) is 13.8. The Labute approximate surface area is 169 Å². The second-order valence-corrected chi connectivity index (χ2v) is 6.31. The van der Waals surface area contributed by atoms with Crippen LogP contribution in [-0.4, -0.2) is 15.9 Å². The molecule has 5 nitrogen and oxygen atoms in total. The predicted molar refractivity (Wildman–Crippen MR) is 106 cm³/mol. The lowest BCUT2D eigenvalue weighted by atomic mass is 10.1. The zero-order chi connectivity index (χ0) is 21.0. The van der Waals surface area contributed by atoms with Gasteiger partial charge in [-0.3, -0.25) is 9.78 Å². The van der Waals surface area contributed by atoms with E-state index in [1.165, 1.54) is 12.3 Å². The molecular formula is C20H14ClF3N4O. The predicted octanol–water partition coefficient (Wildman–Crippen LogP) is 5.68. The van der Waals surface area contributed by atoms with Gasteiger partial charge in [-0.15, -0.1) is 0 Å². The third-order valence-corrected chi connectivity index (χ3v) is 4.05. The summed E-state index contributed by atoms with van der Waals surface area (Å²) in [6.45, 7) is 3.41. The monoisotopic (exact) mass is 418 g/mol. The van der Waals surface area contributed by atoms with E-state index < -0.39 is 11.7 Å². The van der Waals surface area contributed by atoms with Crippen molar-refractivity contribution in [2.24, 2.45) is 0 Å². The highest BCUT2D eigenvalue weighted by Gasteiger charge is 2.30. The molecule has 2 aromatic heterocycles. The van der Waals surface area contributed by atoms with Crippen molar-refractivity contribution in [2.75, 3.05) is 10.6 Å². The number of hydrogen-bond donors (Lipinski definition) is 2. The summed E-state index contributed by atoms with van der Waals surface area (Å²) in [4.78, 5) is 19.7. The zero-order valence-electron chi connectivity index (χ0n) is 14.8. The van der Waals surface area contributed by atoms with Crippen LogP contribution >= 0.6 is 11.6 Å². The van der Waals surface area contributed by atoms with E-state index in [9.17, 15) is 18.0 Å². The van der Waals surface area contributed by atoms with Gasteiger partial charge in [0.05, 0.1) is 16.3 Å². The van der Waals surface area contributed by atoms with Gasteiger partial charge in [-0.05, 0) is 48.5 Å². The van der Waals surface area contributed by atoms with Crippen LogP contribution in [0.25, 0.3) is 11.3 Å². The van der Waals surface area contributed by atoms with Crippen LogP contribution in [0.1, 0.15) is 5.56 Å². The highest BCUT2D eigenvalue weighted by atomic mass is 35.5. The van der Waals surface area contributed by atoms with Crippen molar-refractivity contribution in [3.63, 3.8) is 0 Å². The number of halogens is 4. The van der Waals surface area contributed by atoms with Gasteiger partial charge in [-0.1, -0.05) is 18.2 Å². The fourth-order valence-corrected chi connectivity index (χ4v) is 2.56. The molecule has 0 atom stereocenters. The second kappa shape index (κ2) is 8.32. The minimum atomic E-state index is -4.46. The number of carbonyl (C=O) groups excluding carboxylic acids is 1. The van der Waals surface area contributed by atoms with Crippen molar-refractivity contribution in [3.05, 3.63) is 78.1 Å². The molecule has 0 saturated heterocycles. The third kappa shape index (κ3) is 5.11. The van der Waals surface area contributed by atoms with Crippen LogP contribution in [0.2, 0.25) is 5.02 Å². The number of anilines is 3. The summed E-state index contributed by atoms with van der Waals surface area (Å²) < 4.78 is 38.2. The molecule has 1 aromatic carbocycles. The van der Waals surface area contributed by atoms with E-state index in [-0.39, 0.29) is 11.7 Å². The maximum atomic E-state index is 12.7. The molecule has 2 heterocycles. The summed E-state index contributed by atoms with van der Waals surface area (Å²) in [5.74, 6) is -0.166. The van der Waals surface area contributed by atoms with Crippen LogP contribution in [0.4, 0.5) is 30.4 Å². The summed E-state index contributed by atoms with van der Waals surface area (Å²) in [5.41, 5.74) is 1.31. The van der Waals surface area contributed by atoms with Gasteiger partial charge in [0.1, 0.15) is 5.82 Å². The van der Waals surface area contributed by atoms with Crippen LogP contribution in [0.15, 0.2) is 67.5 Å². The molecule has 3 aromatic rings. The number of nitrogens with one attached hydrogen (secondary N) is 2. The van der Waals surface area contributed by atoms with Gasteiger partial charge in [0.15, 0.2) is 0 Å². The maximum Gasteiger partial charge on any atom is 0.417 e. The first kappa shape index (κ1) is 20.3. The molecule has 0 aliphatic carbocycles. The van der Waals surface area contributed by atoms with E-state index in [2.05, 4.69) is 27.2 Å². The lowest BCUT2D eigenvalue weighted by molar-refractivity contribution is -0.137. The molecule has 0 aliphatic rings. The average Bonchev–Trinajstić information content (AvgIpc) is 2.69. The molecule has 9 heteroatoms. The molecule has 0 bridgehead atoms. The number of rotatable bonds is 5. The zero-order valence-corrected chi connectivity index (χ0v) is 15.6. The quantitative estimate of drug-likeness (QED) is 0.523. The topological polar surface area (TPSA) is 66.9 Å². The van der Waals surface area contributed by atoms with Crippen molar-refractivity contribution < 1.29 is 18.0 Å². The summed E-state index contributed by atoms with van der Waals surface area (Å²) in [6.07, 6.45) is -1.11. The lowest BCUT2D eigenvalue weighted by Gasteiger charge is -2.14. The van der Waals surface area contributed by atoms with E-state index in [4.69, 9.17) is 11.6 Å². The third-order valence-electron chi connectivity index (χ3n) is 3.83. The number of aromatic nitrogens is 2. The maximum absolute atomic E-state index is 12.7. The molecule has 3 rings (SSSR count). The highest BCUT2D eigenvalue weighted by molar-refractivity contribution is 6.30. The summed E-state index contributed by atoms with van der Waals surface area (Å²) >= 11 is 5.89. The number of carbonyl (C=O) groups is 1. The number of amides is 1. The van der Waals surface area contributed by atoms with Crippen molar-refractivity contribution in [2.45, 2.75) is 6.18 Å². The molecule has 0 radical (unpaired) electrons. The van der Waals surface area contributed by atoms with E-state index in [0.717, 1.165) is 18.3 Å². The minimum absolute atomic E-state index is 0.219. The fraction of sp³-hybridized carbons (Fsp3) is 0.0500. The van der Waals surface area contributed by atoms with E-state index in [1.807, 2.05) is 0 Å². The van der Waals surface area contributed by atoms with Crippen molar-refractivity contribution in [1.82, 2.24) is 9.97 Å². The van der Waals surface area contributed by atoms with E-state index in [1.54, 1.807) is 30.3 Å². The molecule has 148 valence electrons. The Hall–Kier alpha value is -3.39. The van der Waals surface area contributed by atoms with Gasteiger partial charge < -0.3 is 10.6 Å². The SMILES string of the molecule is C=CC(=O)Nc1ccc(Nc2ccc(C(F)(F)F)cn2)c(-c2ccc(Cl)cn2)c1. The van der Waals surface area contributed by atoms with Crippen molar-refractivity contribution in [3.8, 4) is 11.3 Å². The minimum Gasteiger partial charge on any atom is -0.340 e. The smallest absolute Gasteiger partial charge is 0.340 e. The normalized spacial score (nSPS) is 11.0. The highest BCUT2D eigenvalue weighted by Crippen LogP contribution is 2.33. The van der Waals surface area contributed by atoms with Gasteiger partial charge in [-0.2, -0.15) is 13.2 Å². The van der Waals surface area contributed by atoms with Crippen LogP contribution < -0.4 is 10.6 Å². The molecule has 0 aliphatic heterocycles. The van der Waals surface area contributed by atoms with Gasteiger partial charge in [0.25, 0.3) is 0 Å². The molecule has 0 fully saturated rings. The number of benzene rings is 1. The van der Waals surface area contributed by atoms with E-state index in [0.29, 0.717) is 27.7 Å². The Morgan fingerprint density at radius 1 is 1.07 bits per heavy atom. The fourth-order valence-electron chi connectivity index (χ4n) is 2.44. The molecule has 1 amide bonds. The van der Waals surface area contributed by atoms with Gasteiger partial charge in [0.2, 0.25) is 5.91 Å². The number of alkyl halides is 3. The van der Waals surface area contributed by atoms with Crippen molar-refractivity contribution >= 4 is 34.7 Å². The summed E-state index contributed by atoms with van der Waals surface area (Å²) in [6, 6.07) is 10.5. The first-order valence-corrected chi connectivity index (χ1v) is 8.64. The summed E-state index contributed by atoms with van der Waals surface area (Å²) in [5, 5.41) is 6.07. The number of hydrogen-bond acceptors (Lipinski definition) is 4. The molecule has 29 heavy (non-hydrogen) atoms. The lowest BCUT2D eigenvalue weighted by Crippen LogP contribution is -2.08. The molecule has 0 saturated carbocycles. The van der Waals surface area contributed by atoms with Gasteiger partial charge in [-0.25, -0.2) is 4.98 Å². The number of nitrogens with zero attached hydrogens (tertiary/aromatic N) is 2. The largest absolute Gasteiger partial charge is 0.417 e. The Morgan fingerprint density at radius 3 is 2.45 bits per heavy atom. The number of pyridine rings is 2. The molecule has 0 unspecified atom stereocenters. The average molecular weight is 419 g/mol. The van der Waals surface area contributed by atoms with E-state index >= 15 is 0 Å². The molecule has 2 N–H and O–H groups in total. The van der Waals surface area contributed by atoms with Crippen molar-refractivity contribution in [1.29, 1.82) is 0 Å². The molecular weight excluding hydrogens is 405 g/mol. The van der Waals surface area contributed by atoms with Crippen LogP contribution in [0.5, 0.6) is 0 Å². The van der Waals surface area contributed by atoms with Crippen LogP contribution in [0, 0.1) is 0 Å². The Kier molecular flexibility index (Phi) is 5.84. The van der Waals surface area contributed by atoms with Gasteiger partial charge in [0, 0.05) is 29.3 Å². The van der Waals surface area contributed by atoms with Crippen LogP contribution in [0.3, 0.4) is 0 Å². The Bertz CT molecular complexity index is 1040. The van der Waals surface area contributed by atoms with Gasteiger partial charge >= 0.3 is 6.18 Å².